The van der Waals surface area contributed by atoms with Crippen molar-refractivity contribution in [1.82, 2.24) is 25.0 Å². The van der Waals surface area contributed by atoms with Crippen LogP contribution in [-0.4, -0.2) is 32.7 Å². The van der Waals surface area contributed by atoms with Crippen molar-refractivity contribution in [3.63, 3.8) is 0 Å². The molecule has 3 heterocycles. The second-order valence-corrected chi connectivity index (χ2v) is 8.22. The molecule has 0 radical (unpaired) electrons. The van der Waals surface area contributed by atoms with E-state index in [9.17, 15) is 9.59 Å². The lowest BCUT2D eigenvalue weighted by molar-refractivity contribution is -0.122. The number of ether oxygens (including phenoxy) is 1. The summed E-state index contributed by atoms with van der Waals surface area (Å²) in [5.74, 6) is 1.03. The number of carbonyl (C=O) groups is 1. The predicted molar refractivity (Wildman–Crippen MR) is 134 cm³/mol. The number of aromatic nitrogens is 4. The first-order valence-corrected chi connectivity index (χ1v) is 11.3. The first kappa shape index (κ1) is 23.0. The molecule has 0 aliphatic heterocycles. The molecule has 180 valence electrons. The molecule has 0 saturated carbocycles. The smallest absolute Gasteiger partial charge is 0.259 e. The van der Waals surface area contributed by atoms with Crippen molar-refractivity contribution in [1.29, 1.82) is 0 Å². The van der Waals surface area contributed by atoms with Crippen LogP contribution in [0, 0.1) is 0 Å². The number of fused-ring (bicyclic) bond motifs is 1. The highest BCUT2D eigenvalue weighted by Crippen LogP contribution is 2.28. The van der Waals surface area contributed by atoms with Crippen molar-refractivity contribution in [2.75, 3.05) is 7.11 Å². The minimum absolute atomic E-state index is 0.139. The van der Waals surface area contributed by atoms with Gasteiger partial charge in [0.2, 0.25) is 11.7 Å². The van der Waals surface area contributed by atoms with Gasteiger partial charge in [0.05, 0.1) is 24.2 Å². The van der Waals surface area contributed by atoms with Crippen molar-refractivity contribution < 1.29 is 14.1 Å². The Morgan fingerprint density at radius 3 is 2.69 bits per heavy atom. The fourth-order valence-corrected chi connectivity index (χ4v) is 4.05. The lowest BCUT2D eigenvalue weighted by atomic mass is 10.1. The lowest BCUT2D eigenvalue weighted by Crippen LogP contribution is -2.34. The van der Waals surface area contributed by atoms with Crippen LogP contribution in [-0.2, 0) is 11.3 Å². The van der Waals surface area contributed by atoms with E-state index < -0.39 is 0 Å². The molecule has 0 saturated heterocycles. The summed E-state index contributed by atoms with van der Waals surface area (Å²) in [4.78, 5) is 34.5. The zero-order valence-electron chi connectivity index (χ0n) is 19.7. The van der Waals surface area contributed by atoms with Gasteiger partial charge in [-0.2, -0.15) is 4.98 Å². The predicted octanol–water partition coefficient (Wildman–Crippen LogP) is 4.00. The maximum absolute atomic E-state index is 13.1. The number of amides is 1. The first-order chi connectivity index (χ1) is 17.5. The van der Waals surface area contributed by atoms with Gasteiger partial charge in [-0.05, 0) is 42.8 Å². The third-order valence-corrected chi connectivity index (χ3v) is 5.89. The molecular formula is C27H23N5O4. The molecule has 2 aromatic carbocycles. The summed E-state index contributed by atoms with van der Waals surface area (Å²) < 4.78 is 12.2. The van der Waals surface area contributed by atoms with Gasteiger partial charge in [-0.15, -0.1) is 0 Å². The van der Waals surface area contributed by atoms with Crippen LogP contribution in [0.2, 0.25) is 0 Å². The number of para-hydroxylation sites is 1. The molecule has 5 rings (SSSR count). The van der Waals surface area contributed by atoms with E-state index in [1.807, 2.05) is 49.4 Å². The monoisotopic (exact) mass is 481 g/mol. The molecule has 0 aliphatic carbocycles. The van der Waals surface area contributed by atoms with Crippen LogP contribution < -0.4 is 15.6 Å². The Balaban J connectivity index is 1.44. The van der Waals surface area contributed by atoms with Crippen LogP contribution in [0.1, 0.15) is 18.5 Å². The molecule has 0 fully saturated rings. The van der Waals surface area contributed by atoms with Crippen LogP contribution >= 0.6 is 0 Å². The molecular weight excluding hydrogens is 458 g/mol. The van der Waals surface area contributed by atoms with Gasteiger partial charge < -0.3 is 14.6 Å². The number of carbonyl (C=O) groups excluding carboxylic acids is 1. The van der Waals surface area contributed by atoms with Gasteiger partial charge in [0, 0.05) is 29.4 Å². The van der Waals surface area contributed by atoms with Crippen LogP contribution in [0.5, 0.6) is 5.75 Å². The number of nitrogens with zero attached hydrogens (tertiary/aromatic N) is 4. The van der Waals surface area contributed by atoms with Gasteiger partial charge in [0.25, 0.3) is 11.4 Å². The number of rotatable bonds is 7. The molecule has 1 N–H and O–H groups in total. The summed E-state index contributed by atoms with van der Waals surface area (Å²) in [6.07, 6.45) is 3.28. The average Bonchev–Trinajstić information content (AvgIpc) is 3.41. The number of benzene rings is 2. The van der Waals surface area contributed by atoms with Crippen LogP contribution in [0.4, 0.5) is 0 Å². The van der Waals surface area contributed by atoms with Crippen LogP contribution in [0.25, 0.3) is 33.7 Å². The molecule has 36 heavy (non-hydrogen) atoms. The highest BCUT2D eigenvalue weighted by atomic mass is 16.5. The third kappa shape index (κ3) is 4.58. The topological polar surface area (TPSA) is 112 Å². The van der Waals surface area contributed by atoms with Gasteiger partial charge in [-0.25, -0.2) is 0 Å². The van der Waals surface area contributed by atoms with E-state index in [0.717, 1.165) is 16.5 Å². The Morgan fingerprint density at radius 2 is 1.89 bits per heavy atom. The van der Waals surface area contributed by atoms with E-state index in [1.165, 1.54) is 10.6 Å². The summed E-state index contributed by atoms with van der Waals surface area (Å²) >= 11 is 0. The summed E-state index contributed by atoms with van der Waals surface area (Å²) in [6.45, 7) is 1.74. The second-order valence-electron chi connectivity index (χ2n) is 8.22. The number of nitrogens with one attached hydrogen (secondary N) is 1. The quantitative estimate of drug-likeness (QED) is 0.374. The highest BCUT2D eigenvalue weighted by molar-refractivity contribution is 5.93. The Labute approximate surface area is 206 Å². The maximum atomic E-state index is 13.1. The van der Waals surface area contributed by atoms with Crippen LogP contribution in [0.15, 0.2) is 88.4 Å². The fourth-order valence-electron chi connectivity index (χ4n) is 4.05. The number of methoxy groups -OCH3 is 1. The fraction of sp³-hybridized carbons (Fsp3) is 0.148. The molecule has 3 aromatic heterocycles. The lowest BCUT2D eigenvalue weighted by Gasteiger charge is -2.17. The zero-order valence-corrected chi connectivity index (χ0v) is 19.7. The molecule has 0 bridgehead atoms. The number of hydrogen-bond donors (Lipinski definition) is 1. The molecule has 5 aromatic rings. The largest absolute Gasteiger partial charge is 0.497 e. The zero-order chi connectivity index (χ0) is 25.1. The summed E-state index contributed by atoms with van der Waals surface area (Å²) in [7, 11) is 1.60. The molecule has 1 atom stereocenters. The van der Waals surface area contributed by atoms with Gasteiger partial charge in [-0.3, -0.25) is 19.1 Å². The van der Waals surface area contributed by atoms with Gasteiger partial charge in [-0.1, -0.05) is 35.5 Å². The maximum Gasteiger partial charge on any atom is 0.259 e. The van der Waals surface area contributed by atoms with Crippen molar-refractivity contribution >= 4 is 16.8 Å². The SMILES string of the molecule is COc1cccc([C@@H](C)NC(=O)Cn2c(=O)cc(-c3nc(-c4ccncc4)no3)c3ccccc32)c1. The van der Waals surface area contributed by atoms with Gasteiger partial charge in [0.1, 0.15) is 12.3 Å². The Hall–Kier alpha value is -4.79. The van der Waals surface area contributed by atoms with Crippen molar-refractivity contribution in [2.24, 2.45) is 0 Å². The van der Waals surface area contributed by atoms with E-state index in [1.54, 1.807) is 37.7 Å². The molecule has 0 unspecified atom stereocenters. The highest BCUT2D eigenvalue weighted by Gasteiger charge is 2.18. The first-order valence-electron chi connectivity index (χ1n) is 11.3. The number of hydrogen-bond acceptors (Lipinski definition) is 7. The summed E-state index contributed by atoms with van der Waals surface area (Å²) in [5.41, 5.74) is 2.39. The molecule has 1 amide bonds. The average molecular weight is 482 g/mol. The van der Waals surface area contributed by atoms with Gasteiger partial charge >= 0.3 is 0 Å². The molecule has 9 heteroatoms. The Bertz CT molecular complexity index is 1590. The molecule has 9 nitrogen and oxygen atoms in total. The minimum atomic E-state index is -0.350. The van der Waals surface area contributed by atoms with Crippen LogP contribution in [0.3, 0.4) is 0 Å². The second kappa shape index (κ2) is 9.83. The molecule has 0 spiro atoms. The van der Waals surface area contributed by atoms with Crippen molar-refractivity contribution in [2.45, 2.75) is 19.5 Å². The minimum Gasteiger partial charge on any atom is -0.497 e. The van der Waals surface area contributed by atoms with E-state index in [-0.39, 0.29) is 29.9 Å². The Kier molecular flexibility index (Phi) is 6.27. The van der Waals surface area contributed by atoms with E-state index in [2.05, 4.69) is 20.4 Å². The van der Waals surface area contributed by atoms with Crippen molar-refractivity contribution in [3.05, 3.63) is 95.0 Å². The van der Waals surface area contributed by atoms with Crippen molar-refractivity contribution in [3.8, 4) is 28.6 Å². The third-order valence-electron chi connectivity index (χ3n) is 5.89. The standard InChI is InChI=1S/C27H23N5O4/c1-17(19-6-5-7-20(14-19)35-2)29-24(33)16-32-23-9-4-3-8-21(23)22(15-25(32)34)27-30-26(31-36-27)18-10-12-28-13-11-18/h3-15,17H,16H2,1-2H3,(H,29,33)/t17-/m1/s1. The number of pyridine rings is 2. The normalized spacial score (nSPS) is 11.8. The van der Waals surface area contributed by atoms with E-state index >= 15 is 0 Å². The van der Waals surface area contributed by atoms with Gasteiger partial charge in [0.15, 0.2) is 0 Å². The van der Waals surface area contributed by atoms with E-state index in [4.69, 9.17) is 9.26 Å². The Morgan fingerprint density at radius 1 is 1.08 bits per heavy atom. The summed E-state index contributed by atoms with van der Waals surface area (Å²) in [5, 5.41) is 7.72. The molecule has 0 aliphatic rings. The van der Waals surface area contributed by atoms with E-state index in [0.29, 0.717) is 22.7 Å². The summed E-state index contributed by atoms with van der Waals surface area (Å²) in [6, 6.07) is 19.5.